The highest BCUT2D eigenvalue weighted by molar-refractivity contribution is 7.90. The SMILES string of the molecule is CS(=O)(=O)c1ccc(C(=O)N2CCC3(CC2)C(=O)Nc2ccccc23)cc1. The lowest BCUT2D eigenvalue weighted by atomic mass is 9.73. The number of hydrogen-bond donors (Lipinski definition) is 1. The normalized spacial score (nSPS) is 18.3. The van der Waals surface area contributed by atoms with Gasteiger partial charge in [-0.3, -0.25) is 9.59 Å². The topological polar surface area (TPSA) is 83.6 Å². The Morgan fingerprint density at radius 3 is 2.30 bits per heavy atom. The summed E-state index contributed by atoms with van der Waals surface area (Å²) in [6.45, 7) is 0.961. The second-order valence-electron chi connectivity index (χ2n) is 7.17. The summed E-state index contributed by atoms with van der Waals surface area (Å²) in [5.41, 5.74) is 1.76. The molecule has 27 heavy (non-hydrogen) atoms. The number of carbonyl (C=O) groups is 2. The fraction of sp³-hybridized carbons (Fsp3) is 0.300. The van der Waals surface area contributed by atoms with Crippen LogP contribution in [0.25, 0.3) is 0 Å². The Hall–Kier alpha value is -2.67. The number of anilines is 1. The molecule has 2 aliphatic heterocycles. The lowest BCUT2D eigenvalue weighted by Crippen LogP contribution is -2.48. The summed E-state index contributed by atoms with van der Waals surface area (Å²) in [4.78, 5) is 27.3. The molecular weight excluding hydrogens is 364 g/mol. The largest absolute Gasteiger partial charge is 0.339 e. The third-order valence-corrected chi connectivity index (χ3v) is 6.69. The first-order valence-corrected chi connectivity index (χ1v) is 10.7. The van der Waals surface area contributed by atoms with Gasteiger partial charge in [0.25, 0.3) is 5.91 Å². The van der Waals surface area contributed by atoms with Crippen molar-refractivity contribution in [1.29, 1.82) is 0 Å². The van der Waals surface area contributed by atoms with Crippen LogP contribution >= 0.6 is 0 Å². The number of nitrogens with one attached hydrogen (secondary N) is 1. The molecule has 0 radical (unpaired) electrons. The van der Waals surface area contributed by atoms with Gasteiger partial charge in [0.15, 0.2) is 9.84 Å². The zero-order valence-electron chi connectivity index (χ0n) is 14.9. The first-order valence-electron chi connectivity index (χ1n) is 8.82. The number of rotatable bonds is 2. The van der Waals surface area contributed by atoms with E-state index >= 15 is 0 Å². The van der Waals surface area contributed by atoms with Crippen LogP contribution in [0.5, 0.6) is 0 Å². The molecule has 1 saturated heterocycles. The van der Waals surface area contributed by atoms with E-state index in [1.54, 1.807) is 17.0 Å². The van der Waals surface area contributed by atoms with Crippen LogP contribution in [0, 0.1) is 0 Å². The quantitative estimate of drug-likeness (QED) is 0.861. The molecule has 4 rings (SSSR count). The Morgan fingerprint density at radius 2 is 1.67 bits per heavy atom. The van der Waals surface area contributed by atoms with Crippen LogP contribution in [0.4, 0.5) is 5.69 Å². The number of sulfone groups is 1. The van der Waals surface area contributed by atoms with Crippen molar-refractivity contribution in [3.63, 3.8) is 0 Å². The second-order valence-corrected chi connectivity index (χ2v) is 9.19. The standard InChI is InChI=1S/C20H20N2O4S/c1-27(25,26)15-8-6-14(7-9-15)18(23)22-12-10-20(11-13-22)16-4-2-3-5-17(16)21-19(20)24/h2-9H,10-13H2,1H3,(H,21,24). The summed E-state index contributed by atoms with van der Waals surface area (Å²) >= 11 is 0. The maximum atomic E-state index is 12.8. The van der Waals surface area contributed by atoms with E-state index in [4.69, 9.17) is 0 Å². The average molecular weight is 384 g/mol. The predicted octanol–water partition coefficient (Wildman–Crippen LogP) is 2.22. The molecule has 0 saturated carbocycles. The van der Waals surface area contributed by atoms with Gasteiger partial charge in [0.05, 0.1) is 10.3 Å². The van der Waals surface area contributed by atoms with Crippen molar-refractivity contribution in [1.82, 2.24) is 4.90 Å². The number of likely N-dealkylation sites (tertiary alicyclic amines) is 1. The van der Waals surface area contributed by atoms with Gasteiger partial charge in [0.2, 0.25) is 5.91 Å². The van der Waals surface area contributed by atoms with Gasteiger partial charge in [-0.05, 0) is 48.7 Å². The minimum atomic E-state index is -3.29. The number of benzene rings is 2. The maximum Gasteiger partial charge on any atom is 0.253 e. The van der Waals surface area contributed by atoms with E-state index in [0.29, 0.717) is 31.5 Å². The van der Waals surface area contributed by atoms with Crippen LogP contribution in [-0.4, -0.2) is 44.5 Å². The molecule has 0 bridgehead atoms. The molecule has 7 heteroatoms. The molecule has 1 N–H and O–H groups in total. The fourth-order valence-corrected chi connectivity index (χ4v) is 4.62. The third kappa shape index (κ3) is 2.92. The first kappa shape index (κ1) is 17.7. The predicted molar refractivity (Wildman–Crippen MR) is 101 cm³/mol. The van der Waals surface area contributed by atoms with Crippen LogP contribution < -0.4 is 5.32 Å². The lowest BCUT2D eigenvalue weighted by Gasteiger charge is -2.38. The van der Waals surface area contributed by atoms with Crippen LogP contribution in [0.2, 0.25) is 0 Å². The minimum absolute atomic E-state index is 0.00769. The van der Waals surface area contributed by atoms with Gasteiger partial charge in [-0.25, -0.2) is 8.42 Å². The van der Waals surface area contributed by atoms with E-state index in [-0.39, 0.29) is 16.7 Å². The molecule has 6 nitrogen and oxygen atoms in total. The molecule has 2 heterocycles. The molecule has 2 aromatic rings. The van der Waals surface area contributed by atoms with Crippen molar-refractivity contribution < 1.29 is 18.0 Å². The van der Waals surface area contributed by atoms with Crippen molar-refractivity contribution >= 4 is 27.3 Å². The minimum Gasteiger partial charge on any atom is -0.339 e. The van der Waals surface area contributed by atoms with Gasteiger partial charge in [-0.1, -0.05) is 18.2 Å². The highest BCUT2D eigenvalue weighted by Gasteiger charge is 2.48. The first-order chi connectivity index (χ1) is 12.8. The van der Waals surface area contributed by atoms with Gasteiger partial charge in [-0.2, -0.15) is 0 Å². The summed E-state index contributed by atoms with van der Waals surface area (Å²) < 4.78 is 23.1. The van der Waals surface area contributed by atoms with Crippen molar-refractivity contribution in [3.8, 4) is 0 Å². The van der Waals surface area contributed by atoms with Gasteiger partial charge in [0.1, 0.15) is 0 Å². The molecule has 0 unspecified atom stereocenters. The third-order valence-electron chi connectivity index (χ3n) is 5.56. The Kier molecular flexibility index (Phi) is 4.07. The van der Waals surface area contributed by atoms with E-state index in [1.165, 1.54) is 12.1 Å². The highest BCUT2D eigenvalue weighted by atomic mass is 32.2. The van der Waals surface area contributed by atoms with E-state index < -0.39 is 15.3 Å². The van der Waals surface area contributed by atoms with Crippen LogP contribution in [0.1, 0.15) is 28.8 Å². The number of hydrogen-bond acceptors (Lipinski definition) is 4. The summed E-state index contributed by atoms with van der Waals surface area (Å²) in [5.74, 6) is -0.134. The molecular formula is C20H20N2O4S. The van der Waals surface area contributed by atoms with E-state index in [1.807, 2.05) is 24.3 Å². The van der Waals surface area contributed by atoms with E-state index in [2.05, 4.69) is 5.32 Å². The highest BCUT2D eigenvalue weighted by Crippen LogP contribution is 2.44. The molecule has 2 aliphatic rings. The summed E-state index contributed by atoms with van der Waals surface area (Å²) in [6, 6.07) is 13.7. The lowest BCUT2D eigenvalue weighted by molar-refractivity contribution is -0.122. The Balaban J connectivity index is 1.51. The van der Waals surface area contributed by atoms with Crippen LogP contribution in [0.15, 0.2) is 53.4 Å². The maximum absolute atomic E-state index is 12.8. The van der Waals surface area contributed by atoms with Crippen molar-refractivity contribution in [2.75, 3.05) is 24.7 Å². The van der Waals surface area contributed by atoms with Crippen molar-refractivity contribution in [2.24, 2.45) is 0 Å². The van der Waals surface area contributed by atoms with Gasteiger partial charge in [-0.15, -0.1) is 0 Å². The number of fused-ring (bicyclic) bond motifs is 2. The Bertz CT molecular complexity index is 1020. The number of amides is 2. The molecule has 2 amide bonds. The molecule has 0 aliphatic carbocycles. The van der Waals surface area contributed by atoms with E-state index in [0.717, 1.165) is 17.5 Å². The van der Waals surface area contributed by atoms with Crippen molar-refractivity contribution in [3.05, 3.63) is 59.7 Å². The zero-order chi connectivity index (χ0) is 19.2. The molecule has 1 spiro atoms. The summed E-state index contributed by atoms with van der Waals surface area (Å²) in [7, 11) is -3.29. The van der Waals surface area contributed by atoms with Gasteiger partial charge in [0, 0.05) is 30.6 Å². The molecule has 0 atom stereocenters. The average Bonchev–Trinajstić information content (AvgIpc) is 2.93. The fourth-order valence-electron chi connectivity index (χ4n) is 3.99. The summed E-state index contributed by atoms with van der Waals surface area (Å²) in [6.07, 6.45) is 2.28. The van der Waals surface area contributed by atoms with Crippen LogP contribution in [-0.2, 0) is 20.0 Å². The molecule has 0 aromatic heterocycles. The Morgan fingerprint density at radius 1 is 1.04 bits per heavy atom. The van der Waals surface area contributed by atoms with Crippen molar-refractivity contribution in [2.45, 2.75) is 23.2 Å². The second kappa shape index (κ2) is 6.20. The monoisotopic (exact) mass is 384 g/mol. The molecule has 2 aromatic carbocycles. The number of nitrogens with zero attached hydrogens (tertiary/aromatic N) is 1. The zero-order valence-corrected chi connectivity index (χ0v) is 15.8. The van der Waals surface area contributed by atoms with Gasteiger partial charge < -0.3 is 10.2 Å². The molecule has 140 valence electrons. The number of carbonyl (C=O) groups excluding carboxylic acids is 2. The van der Waals surface area contributed by atoms with Gasteiger partial charge >= 0.3 is 0 Å². The van der Waals surface area contributed by atoms with E-state index in [9.17, 15) is 18.0 Å². The summed E-state index contributed by atoms with van der Waals surface area (Å²) in [5, 5.41) is 2.95. The smallest absolute Gasteiger partial charge is 0.253 e. The van der Waals surface area contributed by atoms with Crippen LogP contribution in [0.3, 0.4) is 0 Å². The molecule has 1 fully saturated rings. The Labute approximate surface area is 158 Å². The number of para-hydroxylation sites is 1. The number of piperidine rings is 1.